The Morgan fingerprint density at radius 1 is 1.62 bits per heavy atom. The van der Waals surface area contributed by atoms with Gasteiger partial charge in [0, 0.05) is 7.05 Å². The average Bonchev–Trinajstić information content (AvgIpc) is 2.70. The quantitative estimate of drug-likeness (QED) is 0.780. The Morgan fingerprint density at radius 2 is 2.31 bits per heavy atom. The molecule has 0 saturated carbocycles. The SMILES string of the molecule is CC(C)C(C#N)C(=O)N(C)Cc1ccco1. The minimum atomic E-state index is -0.583. The Balaban J connectivity index is 2.64. The van der Waals surface area contributed by atoms with Crippen LogP contribution in [0.25, 0.3) is 0 Å². The normalized spacial score (nSPS) is 12.2. The number of carbonyl (C=O) groups is 1. The molecule has 1 heterocycles. The van der Waals surface area contributed by atoms with Crippen LogP contribution in [0.1, 0.15) is 19.6 Å². The van der Waals surface area contributed by atoms with Crippen molar-refractivity contribution in [2.75, 3.05) is 7.05 Å². The lowest BCUT2D eigenvalue weighted by atomic mass is 9.96. The molecule has 0 N–H and O–H groups in total. The second kappa shape index (κ2) is 5.36. The summed E-state index contributed by atoms with van der Waals surface area (Å²) in [6.45, 7) is 4.13. The van der Waals surface area contributed by atoms with Gasteiger partial charge in [0.1, 0.15) is 11.7 Å². The number of furan rings is 1. The molecule has 0 bridgehead atoms. The van der Waals surface area contributed by atoms with Crippen LogP contribution < -0.4 is 0 Å². The molecule has 0 aliphatic heterocycles. The molecule has 1 rings (SSSR count). The van der Waals surface area contributed by atoms with Crippen LogP contribution in [0.2, 0.25) is 0 Å². The van der Waals surface area contributed by atoms with E-state index in [1.165, 1.54) is 4.90 Å². The molecule has 0 aliphatic carbocycles. The van der Waals surface area contributed by atoms with Gasteiger partial charge in [-0.05, 0) is 18.1 Å². The van der Waals surface area contributed by atoms with Gasteiger partial charge in [-0.2, -0.15) is 5.26 Å². The van der Waals surface area contributed by atoms with E-state index in [0.29, 0.717) is 6.54 Å². The maximum absolute atomic E-state index is 11.9. The minimum absolute atomic E-state index is 0.0246. The van der Waals surface area contributed by atoms with Crippen molar-refractivity contribution in [1.29, 1.82) is 5.26 Å². The highest BCUT2D eigenvalue weighted by atomic mass is 16.3. The lowest BCUT2D eigenvalue weighted by molar-refractivity contribution is -0.134. The predicted octanol–water partition coefficient (Wildman–Crippen LogP) is 2.03. The molecule has 0 spiro atoms. The van der Waals surface area contributed by atoms with E-state index in [4.69, 9.17) is 9.68 Å². The molecule has 4 heteroatoms. The number of nitriles is 1. The number of hydrogen-bond donors (Lipinski definition) is 0. The fraction of sp³-hybridized carbons (Fsp3) is 0.500. The van der Waals surface area contributed by atoms with Crippen molar-refractivity contribution in [3.8, 4) is 6.07 Å². The van der Waals surface area contributed by atoms with E-state index < -0.39 is 5.92 Å². The number of rotatable bonds is 4. The molecular formula is C12H16N2O2. The highest BCUT2D eigenvalue weighted by molar-refractivity contribution is 5.81. The van der Waals surface area contributed by atoms with E-state index in [1.54, 1.807) is 25.4 Å². The highest BCUT2D eigenvalue weighted by Gasteiger charge is 2.25. The first kappa shape index (κ1) is 12.3. The topological polar surface area (TPSA) is 57.2 Å². The highest BCUT2D eigenvalue weighted by Crippen LogP contribution is 2.14. The van der Waals surface area contributed by atoms with Gasteiger partial charge in [0.15, 0.2) is 0 Å². The molecule has 1 aromatic heterocycles. The number of hydrogen-bond acceptors (Lipinski definition) is 3. The van der Waals surface area contributed by atoms with Gasteiger partial charge >= 0.3 is 0 Å². The molecule has 1 amide bonds. The molecule has 4 nitrogen and oxygen atoms in total. The van der Waals surface area contributed by atoms with E-state index in [1.807, 2.05) is 19.9 Å². The number of carbonyl (C=O) groups excluding carboxylic acids is 1. The Labute approximate surface area is 95.5 Å². The second-order valence-electron chi connectivity index (χ2n) is 4.12. The number of amides is 1. The summed E-state index contributed by atoms with van der Waals surface area (Å²) >= 11 is 0. The van der Waals surface area contributed by atoms with E-state index in [2.05, 4.69) is 0 Å². The van der Waals surface area contributed by atoms with Crippen molar-refractivity contribution in [2.24, 2.45) is 11.8 Å². The lowest BCUT2D eigenvalue weighted by Gasteiger charge is -2.20. The third-order valence-electron chi connectivity index (χ3n) is 2.42. The molecule has 0 aromatic carbocycles. The molecule has 1 aromatic rings. The Bertz CT molecular complexity index is 376. The summed E-state index contributed by atoms with van der Waals surface area (Å²) in [6, 6.07) is 5.62. The van der Waals surface area contributed by atoms with Crippen LogP contribution in [0.3, 0.4) is 0 Å². The van der Waals surface area contributed by atoms with E-state index in [0.717, 1.165) is 5.76 Å². The summed E-state index contributed by atoms with van der Waals surface area (Å²) in [5.74, 6) is 0.00158. The summed E-state index contributed by atoms with van der Waals surface area (Å²) in [5.41, 5.74) is 0. The van der Waals surface area contributed by atoms with Crippen molar-refractivity contribution in [1.82, 2.24) is 4.90 Å². The Morgan fingerprint density at radius 3 is 2.75 bits per heavy atom. The van der Waals surface area contributed by atoms with Crippen molar-refractivity contribution in [2.45, 2.75) is 20.4 Å². The van der Waals surface area contributed by atoms with E-state index in [-0.39, 0.29) is 11.8 Å². The molecule has 0 radical (unpaired) electrons. The van der Waals surface area contributed by atoms with Crippen LogP contribution in [0.5, 0.6) is 0 Å². The first-order valence-corrected chi connectivity index (χ1v) is 5.23. The van der Waals surface area contributed by atoms with E-state index >= 15 is 0 Å². The molecule has 1 unspecified atom stereocenters. The maximum atomic E-state index is 11.9. The Kier molecular flexibility index (Phi) is 4.12. The lowest BCUT2D eigenvalue weighted by Crippen LogP contribution is -2.34. The molecular weight excluding hydrogens is 204 g/mol. The van der Waals surface area contributed by atoms with Gasteiger partial charge in [0.2, 0.25) is 5.91 Å². The van der Waals surface area contributed by atoms with Crippen LogP contribution in [-0.4, -0.2) is 17.9 Å². The van der Waals surface area contributed by atoms with Gasteiger partial charge in [-0.25, -0.2) is 0 Å². The second-order valence-corrected chi connectivity index (χ2v) is 4.12. The molecule has 0 fully saturated rings. The molecule has 16 heavy (non-hydrogen) atoms. The summed E-state index contributed by atoms with van der Waals surface area (Å²) in [5, 5.41) is 8.92. The average molecular weight is 220 g/mol. The van der Waals surface area contributed by atoms with Gasteiger partial charge < -0.3 is 9.32 Å². The van der Waals surface area contributed by atoms with Gasteiger partial charge in [0.25, 0.3) is 0 Å². The van der Waals surface area contributed by atoms with Crippen molar-refractivity contribution >= 4 is 5.91 Å². The van der Waals surface area contributed by atoms with Crippen molar-refractivity contribution in [3.05, 3.63) is 24.2 Å². The number of nitrogens with zero attached hydrogens (tertiary/aromatic N) is 2. The summed E-state index contributed by atoms with van der Waals surface area (Å²) in [7, 11) is 1.68. The van der Waals surface area contributed by atoms with Crippen LogP contribution >= 0.6 is 0 Å². The summed E-state index contributed by atoms with van der Waals surface area (Å²) in [4.78, 5) is 13.4. The zero-order chi connectivity index (χ0) is 12.1. The third kappa shape index (κ3) is 2.86. The van der Waals surface area contributed by atoms with Gasteiger partial charge in [0.05, 0.1) is 18.9 Å². The molecule has 0 aliphatic rings. The smallest absolute Gasteiger partial charge is 0.240 e. The Hall–Kier alpha value is -1.76. The zero-order valence-electron chi connectivity index (χ0n) is 9.80. The zero-order valence-corrected chi connectivity index (χ0v) is 9.80. The molecule has 0 saturated heterocycles. The van der Waals surface area contributed by atoms with Crippen LogP contribution in [-0.2, 0) is 11.3 Å². The molecule has 1 atom stereocenters. The van der Waals surface area contributed by atoms with Crippen LogP contribution in [0.4, 0.5) is 0 Å². The van der Waals surface area contributed by atoms with E-state index in [9.17, 15) is 4.79 Å². The first-order chi connectivity index (χ1) is 7.56. The monoisotopic (exact) mass is 220 g/mol. The van der Waals surface area contributed by atoms with Crippen molar-refractivity contribution in [3.63, 3.8) is 0 Å². The summed E-state index contributed by atoms with van der Waals surface area (Å²) < 4.78 is 5.15. The standard InChI is InChI=1S/C12H16N2O2/c1-9(2)11(7-13)12(15)14(3)8-10-5-4-6-16-10/h4-6,9,11H,8H2,1-3H3. The van der Waals surface area contributed by atoms with Crippen LogP contribution in [0.15, 0.2) is 22.8 Å². The summed E-state index contributed by atoms with van der Waals surface area (Å²) in [6.07, 6.45) is 1.57. The first-order valence-electron chi connectivity index (χ1n) is 5.23. The van der Waals surface area contributed by atoms with Crippen LogP contribution in [0, 0.1) is 23.2 Å². The fourth-order valence-corrected chi connectivity index (χ4v) is 1.44. The van der Waals surface area contributed by atoms with Crippen molar-refractivity contribution < 1.29 is 9.21 Å². The molecule has 86 valence electrons. The van der Waals surface area contributed by atoms with Gasteiger partial charge in [-0.1, -0.05) is 13.8 Å². The largest absolute Gasteiger partial charge is 0.467 e. The predicted molar refractivity (Wildman–Crippen MR) is 59.1 cm³/mol. The maximum Gasteiger partial charge on any atom is 0.240 e. The minimum Gasteiger partial charge on any atom is -0.467 e. The fourth-order valence-electron chi connectivity index (χ4n) is 1.44. The third-order valence-corrected chi connectivity index (χ3v) is 2.42. The van der Waals surface area contributed by atoms with Gasteiger partial charge in [-0.15, -0.1) is 0 Å². The van der Waals surface area contributed by atoms with Gasteiger partial charge in [-0.3, -0.25) is 4.79 Å².